The van der Waals surface area contributed by atoms with Gasteiger partial charge in [0.15, 0.2) is 5.66 Å². The number of anilines is 1. The highest BCUT2D eigenvalue weighted by molar-refractivity contribution is 5.90. The summed E-state index contributed by atoms with van der Waals surface area (Å²) < 4.78 is 27.4. The molecule has 1 saturated heterocycles. The first-order chi connectivity index (χ1) is 8.21. The molecular weight excluding hydrogens is 224 g/mol. The van der Waals surface area contributed by atoms with Crippen LogP contribution in [0.2, 0.25) is 0 Å². The van der Waals surface area contributed by atoms with E-state index in [4.69, 9.17) is 0 Å². The van der Waals surface area contributed by atoms with Gasteiger partial charge in [-0.1, -0.05) is 22.7 Å². The normalized spacial score (nSPS) is 22.8. The highest BCUT2D eigenvalue weighted by atomic mass is 19.2. The highest BCUT2D eigenvalue weighted by Gasteiger charge is 2.43. The van der Waals surface area contributed by atoms with Crippen molar-refractivity contribution in [3.63, 3.8) is 0 Å². The van der Waals surface area contributed by atoms with Crippen LogP contribution in [0.3, 0.4) is 0 Å². The van der Waals surface area contributed by atoms with Crippen LogP contribution >= 0.6 is 0 Å². The van der Waals surface area contributed by atoms with E-state index in [0.717, 1.165) is 10.7 Å². The molecule has 0 unspecified atom stereocenters. The lowest BCUT2D eigenvalue weighted by molar-refractivity contribution is -0.0219. The van der Waals surface area contributed by atoms with Gasteiger partial charge in [0.2, 0.25) is 0 Å². The van der Waals surface area contributed by atoms with Crippen molar-refractivity contribution in [2.24, 2.45) is 4.99 Å². The minimum Gasteiger partial charge on any atom is -0.262 e. The Labute approximate surface area is 98.2 Å². The molecular formula is C12H13F2N3. The minimum atomic E-state index is -0.906. The molecule has 0 N–H and O–H groups in total. The minimum absolute atomic E-state index is 0.222. The van der Waals surface area contributed by atoms with Crippen LogP contribution < -0.4 is 5.12 Å². The van der Waals surface area contributed by atoms with Gasteiger partial charge in [-0.15, -0.1) is 9.60 Å². The number of para-hydroxylation sites is 1. The van der Waals surface area contributed by atoms with Crippen LogP contribution in [-0.2, 0) is 0 Å². The summed E-state index contributed by atoms with van der Waals surface area (Å²) in [6.45, 7) is 0.444. The fourth-order valence-corrected chi connectivity index (χ4v) is 2.40. The van der Waals surface area contributed by atoms with Gasteiger partial charge < -0.3 is 0 Å². The van der Waals surface area contributed by atoms with E-state index in [1.807, 2.05) is 12.1 Å². The van der Waals surface area contributed by atoms with E-state index in [9.17, 15) is 8.96 Å². The van der Waals surface area contributed by atoms with E-state index in [-0.39, 0.29) is 13.1 Å². The van der Waals surface area contributed by atoms with E-state index in [2.05, 4.69) is 4.99 Å². The van der Waals surface area contributed by atoms with Gasteiger partial charge in [-0.25, -0.2) is 0 Å². The van der Waals surface area contributed by atoms with Crippen LogP contribution in [0, 0.1) is 0 Å². The molecule has 0 bridgehead atoms. The average Bonchev–Trinajstić information content (AvgIpc) is 2.38. The van der Waals surface area contributed by atoms with Gasteiger partial charge in [-0.3, -0.25) is 4.99 Å². The Balaban J connectivity index is 1.96. The molecule has 0 aliphatic carbocycles. The fraction of sp³-hybridized carbons (Fsp3) is 0.417. The predicted octanol–water partition coefficient (Wildman–Crippen LogP) is 2.49. The third kappa shape index (κ3) is 1.61. The van der Waals surface area contributed by atoms with Crippen molar-refractivity contribution in [3.05, 3.63) is 29.8 Å². The van der Waals surface area contributed by atoms with E-state index >= 15 is 0 Å². The standard InChI is InChI=1S/C12H13F2N3/c13-16-7-5-12(6-8-16)15-9-10-3-1-2-4-11(10)17(12)14/h1-4,9H,5-8H2. The second-order valence-corrected chi connectivity index (χ2v) is 4.49. The summed E-state index contributed by atoms with van der Waals surface area (Å²) in [5.41, 5.74) is 0.384. The van der Waals surface area contributed by atoms with Crippen LogP contribution in [0.5, 0.6) is 0 Å². The Morgan fingerprint density at radius 1 is 1.12 bits per heavy atom. The summed E-state index contributed by atoms with van der Waals surface area (Å²) in [6.07, 6.45) is 2.43. The average molecular weight is 237 g/mol. The van der Waals surface area contributed by atoms with E-state index < -0.39 is 5.66 Å². The van der Waals surface area contributed by atoms with Crippen LogP contribution in [0.1, 0.15) is 18.4 Å². The van der Waals surface area contributed by atoms with Gasteiger partial charge in [0.1, 0.15) is 0 Å². The molecule has 1 aromatic carbocycles. The monoisotopic (exact) mass is 237 g/mol. The molecule has 5 heteroatoms. The lowest BCUT2D eigenvalue weighted by atomic mass is 9.95. The van der Waals surface area contributed by atoms with E-state index in [0.29, 0.717) is 23.7 Å². The lowest BCUT2D eigenvalue weighted by Crippen LogP contribution is -2.51. The first-order valence-corrected chi connectivity index (χ1v) is 5.72. The molecule has 0 amide bonds. The van der Waals surface area contributed by atoms with Crippen molar-refractivity contribution in [1.82, 2.24) is 5.12 Å². The quantitative estimate of drug-likeness (QED) is 0.645. The van der Waals surface area contributed by atoms with Crippen molar-refractivity contribution < 1.29 is 8.96 Å². The van der Waals surface area contributed by atoms with Crippen LogP contribution in [0.4, 0.5) is 14.6 Å². The number of aliphatic imine (C=N–C) groups is 1. The molecule has 17 heavy (non-hydrogen) atoms. The fourth-order valence-electron chi connectivity index (χ4n) is 2.40. The Morgan fingerprint density at radius 3 is 2.59 bits per heavy atom. The number of hydrogen-bond acceptors (Lipinski definition) is 3. The summed E-state index contributed by atoms with van der Waals surface area (Å²) >= 11 is 0. The molecule has 1 fully saturated rings. The Kier molecular flexibility index (Phi) is 2.36. The maximum atomic E-state index is 14.4. The van der Waals surface area contributed by atoms with Crippen molar-refractivity contribution in [1.29, 1.82) is 0 Å². The van der Waals surface area contributed by atoms with Crippen LogP contribution in [0.15, 0.2) is 29.3 Å². The van der Waals surface area contributed by atoms with Gasteiger partial charge >= 0.3 is 0 Å². The summed E-state index contributed by atoms with van der Waals surface area (Å²) in [7, 11) is 0. The summed E-state index contributed by atoms with van der Waals surface area (Å²) in [5, 5.41) is 1.42. The molecule has 0 atom stereocenters. The van der Waals surface area contributed by atoms with Gasteiger partial charge in [-0.2, -0.15) is 5.12 Å². The Hall–Kier alpha value is -1.49. The highest BCUT2D eigenvalue weighted by Crippen LogP contribution is 2.38. The molecule has 0 saturated carbocycles. The molecule has 0 aromatic heterocycles. The number of fused-ring (bicyclic) bond motifs is 1. The van der Waals surface area contributed by atoms with E-state index in [1.165, 1.54) is 0 Å². The van der Waals surface area contributed by atoms with Crippen LogP contribution in [0.25, 0.3) is 0 Å². The zero-order chi connectivity index (χ0) is 11.9. The molecule has 2 aliphatic heterocycles. The number of rotatable bonds is 0. The number of nitrogens with zero attached hydrogens (tertiary/aromatic N) is 3. The topological polar surface area (TPSA) is 18.8 Å². The molecule has 2 aliphatic rings. The number of halogens is 2. The number of piperidine rings is 1. The van der Waals surface area contributed by atoms with Crippen molar-refractivity contribution >= 4 is 11.9 Å². The van der Waals surface area contributed by atoms with Crippen molar-refractivity contribution in [2.75, 3.05) is 18.2 Å². The van der Waals surface area contributed by atoms with Gasteiger partial charge in [0.05, 0.1) is 5.69 Å². The largest absolute Gasteiger partial charge is 0.262 e. The first-order valence-electron chi connectivity index (χ1n) is 5.72. The van der Waals surface area contributed by atoms with Gasteiger partial charge in [0.25, 0.3) is 0 Å². The molecule has 2 heterocycles. The number of benzene rings is 1. The molecule has 3 rings (SSSR count). The zero-order valence-corrected chi connectivity index (χ0v) is 9.31. The zero-order valence-electron chi connectivity index (χ0n) is 9.31. The van der Waals surface area contributed by atoms with Crippen LogP contribution in [-0.4, -0.2) is 30.1 Å². The maximum Gasteiger partial charge on any atom is 0.163 e. The van der Waals surface area contributed by atoms with Crippen molar-refractivity contribution in [2.45, 2.75) is 18.5 Å². The molecule has 1 spiro atoms. The Bertz CT molecular complexity index is 453. The Morgan fingerprint density at radius 2 is 1.82 bits per heavy atom. The van der Waals surface area contributed by atoms with Gasteiger partial charge in [0, 0.05) is 37.7 Å². The lowest BCUT2D eigenvalue weighted by Gasteiger charge is -2.42. The number of hydrogen-bond donors (Lipinski definition) is 0. The first kappa shape index (κ1) is 10.7. The van der Waals surface area contributed by atoms with Gasteiger partial charge in [-0.05, 0) is 6.07 Å². The molecule has 1 aromatic rings. The predicted molar refractivity (Wildman–Crippen MR) is 62.3 cm³/mol. The van der Waals surface area contributed by atoms with E-state index in [1.54, 1.807) is 18.3 Å². The molecule has 90 valence electrons. The maximum absolute atomic E-state index is 14.4. The second kappa shape index (κ2) is 3.77. The van der Waals surface area contributed by atoms with Crippen molar-refractivity contribution in [3.8, 4) is 0 Å². The molecule has 3 nitrogen and oxygen atoms in total. The summed E-state index contributed by atoms with van der Waals surface area (Å²) in [4.78, 5) is 4.31. The summed E-state index contributed by atoms with van der Waals surface area (Å²) in [5.74, 6) is 0. The SMILES string of the molecule is FN1CCC2(CC1)N=Cc1ccccc1N2F. The third-order valence-electron chi connectivity index (χ3n) is 3.47. The summed E-state index contributed by atoms with van der Waals surface area (Å²) in [6, 6.07) is 7.19. The smallest absolute Gasteiger partial charge is 0.163 e. The third-order valence-corrected chi connectivity index (χ3v) is 3.47. The second-order valence-electron chi connectivity index (χ2n) is 4.49. The molecule has 0 radical (unpaired) electrons.